The molecule has 3 rings (SSSR count). The summed E-state index contributed by atoms with van der Waals surface area (Å²) in [6.07, 6.45) is 0. The third-order valence-corrected chi connectivity index (χ3v) is 3.96. The van der Waals surface area contributed by atoms with Crippen LogP contribution in [0, 0.1) is 0 Å². The first-order chi connectivity index (χ1) is 12.5. The molecule has 0 fully saturated rings. The quantitative estimate of drug-likeness (QED) is 0.826. The van der Waals surface area contributed by atoms with Crippen molar-refractivity contribution in [2.24, 2.45) is 0 Å². The molecule has 0 aromatic heterocycles. The minimum absolute atomic E-state index is 0.121. The molecule has 1 aliphatic rings. The maximum absolute atomic E-state index is 12.5. The van der Waals surface area contributed by atoms with Crippen molar-refractivity contribution in [2.45, 2.75) is 6.04 Å². The number of rotatable bonds is 6. The minimum atomic E-state index is -0.463. The smallest absolute Gasteiger partial charge is 0.243 e. The highest BCUT2D eigenvalue weighted by Crippen LogP contribution is 2.34. The molecule has 7 heteroatoms. The molecule has 0 aliphatic carbocycles. The summed E-state index contributed by atoms with van der Waals surface area (Å²) in [5.41, 5.74) is 1.45. The molecule has 0 spiro atoms. The van der Waals surface area contributed by atoms with E-state index in [-0.39, 0.29) is 25.2 Å². The van der Waals surface area contributed by atoms with Crippen LogP contribution in [0.15, 0.2) is 48.5 Å². The third-order valence-electron chi connectivity index (χ3n) is 3.96. The predicted molar refractivity (Wildman–Crippen MR) is 97.1 cm³/mol. The standard InChI is InChI=1S/C19H21N3O4/c1-22(2)18(13-6-4-3-5-7-13)19(24)20-11-17(23)21-14-8-9-15-16(10-14)26-12-25-15/h3-10,18H,11-12H2,1-2H3,(H,20,24)(H,21,23). The topological polar surface area (TPSA) is 79.9 Å². The molecule has 136 valence electrons. The number of hydrogen-bond acceptors (Lipinski definition) is 5. The molecule has 1 unspecified atom stereocenters. The lowest BCUT2D eigenvalue weighted by Crippen LogP contribution is -2.40. The molecule has 2 amide bonds. The van der Waals surface area contributed by atoms with Gasteiger partial charge in [-0.1, -0.05) is 30.3 Å². The Morgan fingerprint density at radius 1 is 1.08 bits per heavy atom. The molecule has 2 N–H and O–H groups in total. The van der Waals surface area contributed by atoms with Gasteiger partial charge in [-0.05, 0) is 31.8 Å². The van der Waals surface area contributed by atoms with Crippen LogP contribution in [0.1, 0.15) is 11.6 Å². The van der Waals surface area contributed by atoms with Crippen LogP contribution in [0.2, 0.25) is 0 Å². The highest BCUT2D eigenvalue weighted by Gasteiger charge is 2.23. The van der Waals surface area contributed by atoms with Gasteiger partial charge < -0.3 is 20.1 Å². The van der Waals surface area contributed by atoms with Crippen LogP contribution >= 0.6 is 0 Å². The van der Waals surface area contributed by atoms with Crippen molar-refractivity contribution in [1.29, 1.82) is 0 Å². The number of amides is 2. The van der Waals surface area contributed by atoms with Gasteiger partial charge in [0.1, 0.15) is 6.04 Å². The van der Waals surface area contributed by atoms with Gasteiger partial charge in [0, 0.05) is 11.8 Å². The molecule has 1 heterocycles. The first kappa shape index (κ1) is 17.8. The Hall–Kier alpha value is -3.06. The van der Waals surface area contributed by atoms with Gasteiger partial charge in [-0.25, -0.2) is 0 Å². The predicted octanol–water partition coefficient (Wildman–Crippen LogP) is 1.77. The minimum Gasteiger partial charge on any atom is -0.454 e. The highest BCUT2D eigenvalue weighted by molar-refractivity contribution is 5.95. The highest BCUT2D eigenvalue weighted by atomic mass is 16.7. The maximum atomic E-state index is 12.5. The van der Waals surface area contributed by atoms with E-state index in [2.05, 4.69) is 10.6 Å². The van der Waals surface area contributed by atoms with Crippen molar-refractivity contribution in [1.82, 2.24) is 10.2 Å². The van der Waals surface area contributed by atoms with Crippen LogP contribution < -0.4 is 20.1 Å². The summed E-state index contributed by atoms with van der Waals surface area (Å²) in [6, 6.07) is 14.1. The lowest BCUT2D eigenvalue weighted by molar-refractivity contribution is -0.127. The molecule has 7 nitrogen and oxygen atoms in total. The molecule has 0 saturated heterocycles. The van der Waals surface area contributed by atoms with E-state index in [0.717, 1.165) is 5.56 Å². The number of anilines is 1. The molecule has 0 bridgehead atoms. The molecular formula is C19H21N3O4. The lowest BCUT2D eigenvalue weighted by Gasteiger charge is -2.23. The van der Waals surface area contributed by atoms with Crippen molar-refractivity contribution in [3.8, 4) is 11.5 Å². The average molecular weight is 355 g/mol. The summed E-state index contributed by atoms with van der Waals surface area (Å²) in [4.78, 5) is 26.5. The Bertz CT molecular complexity index is 793. The third kappa shape index (κ3) is 4.12. The Morgan fingerprint density at radius 3 is 2.54 bits per heavy atom. The molecular weight excluding hydrogens is 334 g/mol. The average Bonchev–Trinajstić information content (AvgIpc) is 3.08. The Morgan fingerprint density at radius 2 is 1.81 bits per heavy atom. The molecule has 1 aliphatic heterocycles. The van der Waals surface area contributed by atoms with Crippen molar-refractivity contribution < 1.29 is 19.1 Å². The fourth-order valence-electron chi connectivity index (χ4n) is 2.76. The van der Waals surface area contributed by atoms with E-state index in [9.17, 15) is 9.59 Å². The van der Waals surface area contributed by atoms with Crippen LogP contribution in [-0.2, 0) is 9.59 Å². The van der Waals surface area contributed by atoms with Gasteiger partial charge in [0.25, 0.3) is 0 Å². The number of benzene rings is 2. The number of hydrogen-bond donors (Lipinski definition) is 2. The monoisotopic (exact) mass is 355 g/mol. The first-order valence-corrected chi connectivity index (χ1v) is 8.23. The summed E-state index contributed by atoms with van der Waals surface area (Å²) in [6.45, 7) is 0.0542. The van der Waals surface area contributed by atoms with Crippen molar-refractivity contribution in [3.63, 3.8) is 0 Å². The van der Waals surface area contributed by atoms with Crippen LogP contribution in [-0.4, -0.2) is 44.1 Å². The van der Waals surface area contributed by atoms with E-state index < -0.39 is 6.04 Å². The van der Waals surface area contributed by atoms with Gasteiger partial charge in [-0.2, -0.15) is 0 Å². The van der Waals surface area contributed by atoms with Gasteiger partial charge in [0.15, 0.2) is 11.5 Å². The second kappa shape index (κ2) is 7.88. The van der Waals surface area contributed by atoms with Gasteiger partial charge in [0.2, 0.25) is 18.6 Å². The van der Waals surface area contributed by atoms with E-state index in [1.165, 1.54) is 0 Å². The maximum Gasteiger partial charge on any atom is 0.243 e. The molecule has 2 aromatic carbocycles. The van der Waals surface area contributed by atoms with Crippen LogP contribution in [0.25, 0.3) is 0 Å². The van der Waals surface area contributed by atoms with Gasteiger partial charge in [-0.15, -0.1) is 0 Å². The number of nitrogens with zero attached hydrogens (tertiary/aromatic N) is 1. The molecule has 0 radical (unpaired) electrons. The second-order valence-corrected chi connectivity index (χ2v) is 6.11. The SMILES string of the molecule is CN(C)C(C(=O)NCC(=O)Nc1ccc2c(c1)OCO2)c1ccccc1. The normalized spacial score (nSPS) is 13.3. The second-order valence-electron chi connectivity index (χ2n) is 6.11. The van der Waals surface area contributed by atoms with Gasteiger partial charge in [-0.3, -0.25) is 14.5 Å². The molecule has 2 aromatic rings. The van der Waals surface area contributed by atoms with Crippen molar-refractivity contribution in [2.75, 3.05) is 32.7 Å². The zero-order chi connectivity index (χ0) is 18.5. The summed E-state index contributed by atoms with van der Waals surface area (Å²) < 4.78 is 10.5. The largest absolute Gasteiger partial charge is 0.454 e. The lowest BCUT2D eigenvalue weighted by atomic mass is 10.1. The number of likely N-dealkylation sites (N-methyl/N-ethyl adjacent to an activating group) is 1. The summed E-state index contributed by atoms with van der Waals surface area (Å²) in [7, 11) is 3.65. The van der Waals surface area contributed by atoms with Crippen LogP contribution in [0.5, 0.6) is 11.5 Å². The van der Waals surface area contributed by atoms with Crippen molar-refractivity contribution in [3.05, 3.63) is 54.1 Å². The summed E-state index contributed by atoms with van der Waals surface area (Å²) >= 11 is 0. The van der Waals surface area contributed by atoms with Gasteiger partial charge in [0.05, 0.1) is 6.54 Å². The van der Waals surface area contributed by atoms with Crippen LogP contribution in [0.4, 0.5) is 5.69 Å². The zero-order valence-corrected chi connectivity index (χ0v) is 14.7. The summed E-state index contributed by atoms with van der Waals surface area (Å²) in [5.74, 6) is 0.682. The Balaban J connectivity index is 1.57. The number of nitrogens with one attached hydrogen (secondary N) is 2. The Labute approximate surface area is 151 Å². The fourth-order valence-corrected chi connectivity index (χ4v) is 2.76. The zero-order valence-electron chi connectivity index (χ0n) is 14.7. The number of ether oxygens (including phenoxy) is 2. The van der Waals surface area contributed by atoms with E-state index in [1.807, 2.05) is 44.4 Å². The Kier molecular flexibility index (Phi) is 5.38. The van der Waals surface area contributed by atoms with E-state index in [4.69, 9.17) is 9.47 Å². The molecule has 0 saturated carbocycles. The number of fused-ring (bicyclic) bond motifs is 1. The van der Waals surface area contributed by atoms with Crippen LogP contribution in [0.3, 0.4) is 0 Å². The fraction of sp³-hybridized carbons (Fsp3) is 0.263. The number of carbonyl (C=O) groups is 2. The summed E-state index contributed by atoms with van der Waals surface area (Å²) in [5, 5.41) is 5.42. The van der Waals surface area contributed by atoms with E-state index >= 15 is 0 Å². The van der Waals surface area contributed by atoms with E-state index in [1.54, 1.807) is 23.1 Å². The van der Waals surface area contributed by atoms with E-state index in [0.29, 0.717) is 17.2 Å². The first-order valence-electron chi connectivity index (χ1n) is 8.23. The van der Waals surface area contributed by atoms with Crippen molar-refractivity contribution >= 4 is 17.5 Å². The van der Waals surface area contributed by atoms with Gasteiger partial charge >= 0.3 is 0 Å². The number of carbonyl (C=O) groups excluding carboxylic acids is 2. The molecule has 1 atom stereocenters. The molecule has 26 heavy (non-hydrogen) atoms.